The number of hydrogen-bond acceptors (Lipinski definition) is 16. The molecule has 2 bridgehead atoms. The van der Waals surface area contributed by atoms with Crippen molar-refractivity contribution in [2.45, 2.75) is 180 Å². The number of cyclic esters (lactones) is 1. The number of Topliss-reactive ketones (excluding diaryl/α,β-unsaturated/α-hetero) is 3. The van der Waals surface area contributed by atoms with Gasteiger partial charge >= 0.3 is 17.9 Å². The molecule has 15 atom stereocenters. The van der Waals surface area contributed by atoms with Gasteiger partial charge in [0.05, 0.1) is 39.9 Å². The lowest BCUT2D eigenvalue weighted by atomic mass is 9.78. The lowest BCUT2D eigenvalue weighted by Gasteiger charge is -2.42. The number of alkyl halides is 2. The SMILES string of the molecule is CO[C@H]1C[C@@H]2CC[C@@H](C)[C@@](O)(O2)C(=O)C(=O)N2CCCC[C@H]2C(=O)O[C@H]([C@H](C)C[C@@H]2CC[C@@H](OCCOC(=O)CI)[C@H](OC)C2)CC(=O)[C@H](C)/C=C(\C)[C@@H](OC(=O)CI)[C@@H](OC)C(=O)[C@H](C)C[C@H](C)/C=C/C=CC=C1C. The molecule has 3 heterocycles. The summed E-state index contributed by atoms with van der Waals surface area (Å²) in [6.45, 7) is 13.1. The van der Waals surface area contributed by atoms with E-state index in [9.17, 15) is 38.7 Å². The van der Waals surface area contributed by atoms with Gasteiger partial charge in [-0.25, -0.2) is 4.79 Å². The van der Waals surface area contributed by atoms with Crippen LogP contribution in [0.15, 0.2) is 47.6 Å². The van der Waals surface area contributed by atoms with Crippen molar-refractivity contribution in [2.75, 3.05) is 49.9 Å². The molecule has 1 amide bonds. The van der Waals surface area contributed by atoms with Crippen molar-refractivity contribution in [3.8, 4) is 0 Å². The molecule has 428 valence electrons. The van der Waals surface area contributed by atoms with Crippen LogP contribution >= 0.6 is 45.2 Å². The van der Waals surface area contributed by atoms with Gasteiger partial charge in [0, 0.05) is 58.5 Å². The molecular formula is C57H85I2NO16. The molecule has 19 heteroatoms. The smallest absolute Gasteiger partial charge is 0.329 e. The molecular weight excluding hydrogens is 1210 g/mol. The van der Waals surface area contributed by atoms with Gasteiger partial charge in [0.15, 0.2) is 18.0 Å². The van der Waals surface area contributed by atoms with E-state index in [1.807, 2.05) is 103 Å². The van der Waals surface area contributed by atoms with E-state index >= 15 is 0 Å². The van der Waals surface area contributed by atoms with Gasteiger partial charge in [-0.05, 0) is 107 Å². The molecule has 4 aliphatic rings. The molecule has 0 aromatic carbocycles. The summed E-state index contributed by atoms with van der Waals surface area (Å²) in [5.74, 6) is -9.21. The second kappa shape index (κ2) is 32.4. The highest BCUT2D eigenvalue weighted by atomic mass is 127. The number of amides is 1. The zero-order valence-corrected chi connectivity index (χ0v) is 50.7. The first-order chi connectivity index (χ1) is 36.1. The number of hydrogen-bond donors (Lipinski definition) is 1. The summed E-state index contributed by atoms with van der Waals surface area (Å²) in [6, 6.07) is -1.18. The Hall–Kier alpha value is -2.93. The van der Waals surface area contributed by atoms with Crippen molar-refractivity contribution in [2.24, 2.45) is 35.5 Å². The number of methoxy groups -OCH3 is 3. The molecule has 0 aromatic heterocycles. The Morgan fingerprint density at radius 3 is 2.21 bits per heavy atom. The number of esters is 3. The molecule has 1 N–H and O–H groups in total. The number of aliphatic hydroxyl groups is 1. The molecule has 17 nitrogen and oxygen atoms in total. The van der Waals surface area contributed by atoms with Crippen LogP contribution < -0.4 is 0 Å². The summed E-state index contributed by atoms with van der Waals surface area (Å²) in [6.07, 6.45) is 11.6. The van der Waals surface area contributed by atoms with Crippen LogP contribution in [0.5, 0.6) is 0 Å². The highest BCUT2D eigenvalue weighted by Crippen LogP contribution is 2.38. The van der Waals surface area contributed by atoms with Gasteiger partial charge in [-0.1, -0.05) is 116 Å². The molecule has 3 fully saturated rings. The molecule has 0 spiro atoms. The molecule has 0 aromatic rings. The predicted molar refractivity (Wildman–Crippen MR) is 301 cm³/mol. The van der Waals surface area contributed by atoms with Crippen LogP contribution in [0.25, 0.3) is 0 Å². The van der Waals surface area contributed by atoms with Crippen LogP contribution in [-0.2, 0) is 71.5 Å². The molecule has 0 radical (unpaired) electrons. The molecule has 2 saturated heterocycles. The standard InChI is InChI=1S/C57H85I2NO16/c1-34-16-12-11-13-17-35(2)46(69-8)30-42-21-19-40(7)57(68,76-42)54(65)55(66)60-23-15-14-18-43(60)56(67)74-47(37(4)28-41-20-22-45(48(29-41)70-9)72-24-25-73-49(62)32-58)31-44(61)36(3)27-39(6)52(75-50(63)33-59)53(71-10)51(64)38(5)26-34/h11-13,16-17,27,34,36-38,40-43,45-48,52-53,68H,14-15,18-26,28-33H2,1-10H3/b13-11?,16-12+,35-17?,39-27+/t34-,36-,37-,38-,40-,41+,42+,43+,45-,46+,47+,48-,52-,53+,57-/m1/s1. The van der Waals surface area contributed by atoms with Crippen LogP contribution in [0.3, 0.4) is 0 Å². The maximum Gasteiger partial charge on any atom is 0.329 e. The number of piperidine rings is 1. The second-order valence-electron chi connectivity index (χ2n) is 21.4. The van der Waals surface area contributed by atoms with E-state index in [0.717, 1.165) is 12.0 Å². The summed E-state index contributed by atoms with van der Waals surface area (Å²) < 4.78 is 47.6. The van der Waals surface area contributed by atoms with Crippen LogP contribution in [0.2, 0.25) is 0 Å². The summed E-state index contributed by atoms with van der Waals surface area (Å²) in [5, 5.41) is 12.1. The second-order valence-corrected chi connectivity index (χ2v) is 22.9. The van der Waals surface area contributed by atoms with E-state index in [0.29, 0.717) is 63.4 Å². The van der Waals surface area contributed by atoms with Gasteiger partial charge in [-0.2, -0.15) is 0 Å². The number of ether oxygens (including phenoxy) is 8. The first-order valence-corrected chi connectivity index (χ1v) is 30.1. The Morgan fingerprint density at radius 2 is 1.54 bits per heavy atom. The monoisotopic (exact) mass is 1290 g/mol. The Morgan fingerprint density at radius 1 is 0.816 bits per heavy atom. The third kappa shape index (κ3) is 18.8. The molecule has 4 rings (SSSR count). The number of nitrogens with zero attached hydrogens (tertiary/aromatic N) is 1. The van der Waals surface area contributed by atoms with Crippen molar-refractivity contribution in [1.82, 2.24) is 4.90 Å². The van der Waals surface area contributed by atoms with Gasteiger partial charge in [0.1, 0.15) is 24.5 Å². The molecule has 3 aliphatic heterocycles. The minimum Gasteiger partial charge on any atom is -0.463 e. The van der Waals surface area contributed by atoms with Crippen molar-refractivity contribution >= 4 is 86.3 Å². The zero-order valence-electron chi connectivity index (χ0n) is 46.3. The lowest BCUT2D eigenvalue weighted by Crippen LogP contribution is -2.61. The summed E-state index contributed by atoms with van der Waals surface area (Å²) in [5.41, 5.74) is 1.30. The minimum atomic E-state index is -2.46. The first-order valence-electron chi connectivity index (χ1n) is 27.0. The highest BCUT2D eigenvalue weighted by Gasteiger charge is 2.53. The van der Waals surface area contributed by atoms with E-state index in [1.54, 1.807) is 41.1 Å². The van der Waals surface area contributed by atoms with Crippen molar-refractivity contribution in [1.29, 1.82) is 0 Å². The average Bonchev–Trinajstić information content (AvgIpc) is 3.40. The number of halogens is 2. The number of carbonyl (C=O) groups excluding carboxylic acids is 7. The van der Waals surface area contributed by atoms with Gasteiger partial charge in [-0.15, -0.1) is 0 Å². The first kappa shape index (κ1) is 65.6. The normalized spacial score (nSPS) is 35.0. The van der Waals surface area contributed by atoms with Crippen molar-refractivity contribution in [3.63, 3.8) is 0 Å². The Balaban J connectivity index is 1.73. The fourth-order valence-electron chi connectivity index (χ4n) is 11.0. The number of fused-ring (bicyclic) bond motifs is 3. The molecule has 1 saturated carbocycles. The minimum absolute atomic E-state index is 0.0134. The summed E-state index contributed by atoms with van der Waals surface area (Å²) >= 11 is 3.84. The molecule has 76 heavy (non-hydrogen) atoms. The fourth-order valence-corrected chi connectivity index (χ4v) is 11.4. The lowest BCUT2D eigenvalue weighted by molar-refractivity contribution is -0.265. The van der Waals surface area contributed by atoms with E-state index in [1.165, 1.54) is 12.0 Å². The van der Waals surface area contributed by atoms with Crippen molar-refractivity contribution in [3.05, 3.63) is 47.6 Å². The Kier molecular flexibility index (Phi) is 27.9. The maximum atomic E-state index is 14.6. The maximum absolute atomic E-state index is 14.6. The van der Waals surface area contributed by atoms with Crippen LogP contribution in [0, 0.1) is 35.5 Å². The van der Waals surface area contributed by atoms with Crippen LogP contribution in [0.4, 0.5) is 0 Å². The predicted octanol–water partition coefficient (Wildman–Crippen LogP) is 8.17. The van der Waals surface area contributed by atoms with Crippen LogP contribution in [0.1, 0.15) is 126 Å². The van der Waals surface area contributed by atoms with Gasteiger partial charge in [-0.3, -0.25) is 28.8 Å². The number of rotatable bonds is 13. The highest BCUT2D eigenvalue weighted by molar-refractivity contribution is 14.1. The van der Waals surface area contributed by atoms with Gasteiger partial charge < -0.3 is 47.9 Å². The number of ketones is 3. The third-order valence-corrected chi connectivity index (χ3v) is 16.8. The summed E-state index contributed by atoms with van der Waals surface area (Å²) in [4.78, 5) is 97.9. The fraction of sp³-hybridized carbons (Fsp3) is 0.737. The molecule has 1 aliphatic carbocycles. The van der Waals surface area contributed by atoms with E-state index in [2.05, 4.69) is 0 Å². The Labute approximate surface area is 478 Å². The van der Waals surface area contributed by atoms with Crippen molar-refractivity contribution < 1.29 is 76.6 Å². The van der Waals surface area contributed by atoms with E-state index < -0.39 is 83.7 Å². The van der Waals surface area contributed by atoms with E-state index in [-0.39, 0.29) is 89.0 Å². The van der Waals surface area contributed by atoms with E-state index in [4.69, 9.17) is 37.9 Å². The topological polar surface area (TPSA) is 217 Å². The Bertz CT molecular complexity index is 2090. The summed E-state index contributed by atoms with van der Waals surface area (Å²) in [7, 11) is 4.59. The van der Waals surface area contributed by atoms with Gasteiger partial charge in [0.25, 0.3) is 11.7 Å². The van der Waals surface area contributed by atoms with Gasteiger partial charge in [0.2, 0.25) is 5.79 Å². The number of carbonyl (C=O) groups is 7. The number of allylic oxidation sites excluding steroid dienone is 6. The zero-order chi connectivity index (χ0) is 56.3. The largest absolute Gasteiger partial charge is 0.463 e. The quantitative estimate of drug-likeness (QED) is 0.0350. The average molecular weight is 1290 g/mol. The third-order valence-electron chi connectivity index (χ3n) is 15.6. The molecule has 0 unspecified atom stereocenters. The van der Waals surface area contributed by atoms with Crippen LogP contribution in [-0.4, -0.2) is 156 Å².